The molecule has 5 rings (SSSR count). The molecule has 3 aliphatic carbocycles. The van der Waals surface area contributed by atoms with Crippen molar-refractivity contribution >= 4 is 0 Å². The van der Waals surface area contributed by atoms with Crippen LogP contribution in [0.25, 0.3) is 0 Å². The maximum absolute atomic E-state index is 13.0. The highest BCUT2D eigenvalue weighted by Crippen LogP contribution is 2.67. The van der Waals surface area contributed by atoms with E-state index < -0.39 is 17.8 Å². The fraction of sp³-hybridized carbons (Fsp3) is 0.667. The second-order valence-corrected chi connectivity index (χ2v) is 8.21. The van der Waals surface area contributed by atoms with Gasteiger partial charge in [-0.25, -0.2) is 0 Å². The number of piperidine rings is 1. The third-order valence-corrected chi connectivity index (χ3v) is 7.14. The molecular weight excluding hydrogens is 294 g/mol. The van der Waals surface area contributed by atoms with Crippen LogP contribution in [-0.2, 0) is 4.74 Å². The van der Waals surface area contributed by atoms with E-state index in [4.69, 9.17) is 4.74 Å². The first-order chi connectivity index (χ1) is 10.8. The van der Waals surface area contributed by atoms with Crippen LogP contribution in [0.1, 0.15) is 19.8 Å². The van der Waals surface area contributed by atoms with Crippen molar-refractivity contribution in [2.75, 3.05) is 13.6 Å². The van der Waals surface area contributed by atoms with Gasteiger partial charge in [0, 0.05) is 24.2 Å². The van der Waals surface area contributed by atoms with Crippen molar-refractivity contribution in [3.8, 4) is 0 Å². The molecule has 2 heterocycles. The Labute approximate surface area is 135 Å². The van der Waals surface area contributed by atoms with Gasteiger partial charge in [0.05, 0.1) is 31.8 Å². The largest absolute Gasteiger partial charge is 0.633 e. The van der Waals surface area contributed by atoms with Crippen LogP contribution >= 0.6 is 0 Å². The zero-order valence-corrected chi connectivity index (χ0v) is 13.5. The van der Waals surface area contributed by atoms with E-state index in [1.807, 2.05) is 19.1 Å². The number of hydrogen-bond donors (Lipinski definition) is 2. The van der Waals surface area contributed by atoms with Crippen LogP contribution in [0, 0.1) is 16.5 Å². The zero-order chi connectivity index (χ0) is 16.2. The fourth-order valence-electron chi connectivity index (χ4n) is 6.11. The number of nitrogens with zero attached hydrogens (tertiary/aromatic N) is 1. The maximum Gasteiger partial charge on any atom is 0.117 e. The quantitative estimate of drug-likeness (QED) is 0.397. The molecule has 8 atom stereocenters. The van der Waals surface area contributed by atoms with Gasteiger partial charge in [0.15, 0.2) is 0 Å². The molecule has 1 spiro atoms. The van der Waals surface area contributed by atoms with Crippen molar-refractivity contribution in [1.82, 2.24) is 0 Å². The molecule has 0 aromatic rings. The predicted octanol–water partition coefficient (Wildman–Crippen LogP) is 1.02. The highest BCUT2D eigenvalue weighted by molar-refractivity contribution is 5.52. The number of aliphatic hydroxyl groups excluding tert-OH is 2. The Morgan fingerprint density at radius 2 is 2.09 bits per heavy atom. The highest BCUT2D eigenvalue weighted by atomic mass is 16.6. The van der Waals surface area contributed by atoms with Crippen LogP contribution in [0.2, 0.25) is 0 Å². The first-order valence-electron chi connectivity index (χ1n) is 8.51. The second kappa shape index (κ2) is 3.98. The van der Waals surface area contributed by atoms with Crippen LogP contribution in [0.5, 0.6) is 0 Å². The molecule has 3 unspecified atom stereocenters. The Hall–Kier alpha value is -0.980. The molecule has 0 amide bonds. The van der Waals surface area contributed by atoms with Crippen molar-refractivity contribution in [3.63, 3.8) is 0 Å². The molecule has 0 aromatic carbocycles. The van der Waals surface area contributed by atoms with Crippen molar-refractivity contribution < 1.29 is 19.6 Å². The summed E-state index contributed by atoms with van der Waals surface area (Å²) >= 11 is 0. The Morgan fingerprint density at radius 1 is 1.30 bits per heavy atom. The Morgan fingerprint density at radius 3 is 2.87 bits per heavy atom. The number of allylic oxidation sites excluding steroid dienone is 1. The Balaban J connectivity index is 1.81. The number of rotatable bonds is 0. The molecule has 2 fully saturated rings. The summed E-state index contributed by atoms with van der Waals surface area (Å²) in [6.45, 7) is 2.47. The number of likely N-dealkylation sites (tertiary alicyclic amines) is 1. The third-order valence-electron chi connectivity index (χ3n) is 7.14. The van der Waals surface area contributed by atoms with Gasteiger partial charge >= 0.3 is 0 Å². The minimum Gasteiger partial charge on any atom is -0.633 e. The van der Waals surface area contributed by atoms with Gasteiger partial charge in [-0.1, -0.05) is 24.3 Å². The predicted molar refractivity (Wildman–Crippen MR) is 84.0 cm³/mol. The number of hydrogen-bond acceptors (Lipinski definition) is 4. The molecule has 124 valence electrons. The first-order valence-corrected chi connectivity index (χ1v) is 8.51. The van der Waals surface area contributed by atoms with Gasteiger partial charge in [-0.2, -0.15) is 0 Å². The van der Waals surface area contributed by atoms with Crippen molar-refractivity contribution in [3.05, 3.63) is 40.7 Å². The monoisotopic (exact) mass is 317 g/mol. The molecule has 0 radical (unpaired) electrons. The van der Waals surface area contributed by atoms with Crippen LogP contribution in [0.4, 0.5) is 0 Å². The Bertz CT molecular complexity index is 681. The highest BCUT2D eigenvalue weighted by Gasteiger charge is 2.71. The van der Waals surface area contributed by atoms with Gasteiger partial charge in [0.25, 0.3) is 0 Å². The van der Waals surface area contributed by atoms with Crippen molar-refractivity contribution in [2.45, 2.75) is 49.7 Å². The second-order valence-electron chi connectivity index (χ2n) is 8.21. The zero-order valence-electron chi connectivity index (χ0n) is 13.5. The van der Waals surface area contributed by atoms with Gasteiger partial charge in [-0.15, -0.1) is 0 Å². The van der Waals surface area contributed by atoms with E-state index in [0.29, 0.717) is 13.0 Å². The maximum atomic E-state index is 13.0. The summed E-state index contributed by atoms with van der Waals surface area (Å²) in [6, 6.07) is -0.0420. The summed E-state index contributed by atoms with van der Waals surface area (Å²) in [4.78, 5) is 0. The van der Waals surface area contributed by atoms with E-state index in [2.05, 4.69) is 0 Å². The van der Waals surface area contributed by atoms with E-state index in [0.717, 1.165) is 17.6 Å². The van der Waals surface area contributed by atoms with Crippen molar-refractivity contribution in [2.24, 2.45) is 11.3 Å². The molecule has 0 aromatic heterocycles. The molecule has 23 heavy (non-hydrogen) atoms. The lowest BCUT2D eigenvalue weighted by Crippen LogP contribution is -2.67. The fourth-order valence-corrected chi connectivity index (χ4v) is 6.11. The molecule has 2 saturated heterocycles. The van der Waals surface area contributed by atoms with Gasteiger partial charge < -0.3 is 24.8 Å². The van der Waals surface area contributed by atoms with E-state index in [1.165, 1.54) is 0 Å². The number of ether oxygens (including phenoxy) is 1. The van der Waals surface area contributed by atoms with E-state index in [-0.39, 0.29) is 28.1 Å². The standard InChI is InChI=1S/C18H23NO4/c1-17-14(21)6-3-10-9-12-11-4-5-13(20)16(23-17)18(11,15(10)17)7-8-19(12,2)22/h3-6,11-14,16,20-21H,7-9H2,1-2H3/t11-,12+,13-,14?,16-,17?,18-,19?/m0/s1. The summed E-state index contributed by atoms with van der Waals surface area (Å²) in [5.74, 6) is 0.0754. The SMILES string of the molecule is CC12O[C@H]3[C@@H](O)C=C[C@H]4[C@H]5CC(=C1[C@]43CC[N+]5(C)[O-])C=CC2O. The smallest absolute Gasteiger partial charge is 0.117 e. The summed E-state index contributed by atoms with van der Waals surface area (Å²) < 4.78 is 6.10. The van der Waals surface area contributed by atoms with Crippen LogP contribution in [0.15, 0.2) is 35.5 Å². The molecule has 5 heteroatoms. The lowest BCUT2D eigenvalue weighted by atomic mass is 9.50. The molecule has 5 nitrogen and oxygen atoms in total. The summed E-state index contributed by atoms with van der Waals surface area (Å²) in [5.41, 5.74) is 1.17. The van der Waals surface area contributed by atoms with Crippen LogP contribution in [0.3, 0.4) is 0 Å². The van der Waals surface area contributed by atoms with Gasteiger partial charge in [0.1, 0.15) is 11.7 Å². The molecule has 2 aliphatic heterocycles. The Kier molecular flexibility index (Phi) is 2.49. The molecule has 2 bridgehead atoms. The van der Waals surface area contributed by atoms with E-state index in [1.54, 1.807) is 19.2 Å². The minimum absolute atomic E-state index is 0.0420. The topological polar surface area (TPSA) is 72.8 Å². The number of quaternary nitrogens is 1. The molecule has 5 aliphatic rings. The average Bonchev–Trinajstić information content (AvgIpc) is 2.79. The summed E-state index contributed by atoms with van der Waals surface area (Å²) in [5, 5.41) is 34.2. The van der Waals surface area contributed by atoms with E-state index in [9.17, 15) is 15.4 Å². The third kappa shape index (κ3) is 1.43. The van der Waals surface area contributed by atoms with Crippen LogP contribution in [-0.4, -0.2) is 58.4 Å². The lowest BCUT2D eigenvalue weighted by Gasteiger charge is -2.62. The van der Waals surface area contributed by atoms with Gasteiger partial charge in [-0.3, -0.25) is 0 Å². The number of aliphatic hydroxyl groups is 2. The van der Waals surface area contributed by atoms with Crippen molar-refractivity contribution in [1.29, 1.82) is 0 Å². The molecule has 0 saturated carbocycles. The van der Waals surface area contributed by atoms with Crippen LogP contribution < -0.4 is 0 Å². The molecule has 2 N–H and O–H groups in total. The minimum atomic E-state index is -0.783. The summed E-state index contributed by atoms with van der Waals surface area (Å²) in [7, 11) is 1.77. The number of hydroxylamine groups is 3. The normalized spacial score (nSPS) is 59.3. The van der Waals surface area contributed by atoms with E-state index >= 15 is 0 Å². The van der Waals surface area contributed by atoms with Gasteiger partial charge in [0.2, 0.25) is 0 Å². The van der Waals surface area contributed by atoms with Gasteiger partial charge in [-0.05, 0) is 18.1 Å². The average molecular weight is 317 g/mol. The first kappa shape index (κ1) is 14.4. The lowest BCUT2D eigenvalue weighted by molar-refractivity contribution is -0.899. The summed E-state index contributed by atoms with van der Waals surface area (Å²) in [6.07, 6.45) is 7.25. The molecular formula is C18H23NO4.